The Kier molecular flexibility index (Phi) is 5.85. The summed E-state index contributed by atoms with van der Waals surface area (Å²) in [4.78, 5) is 24.2. The van der Waals surface area contributed by atoms with E-state index in [1.54, 1.807) is 18.2 Å². The Bertz CT molecular complexity index is 995. The first-order valence-electron chi connectivity index (χ1n) is 9.95. The van der Waals surface area contributed by atoms with Crippen molar-refractivity contribution in [3.8, 4) is 0 Å². The van der Waals surface area contributed by atoms with Gasteiger partial charge in [-0.3, -0.25) is 9.69 Å². The molecule has 2 heterocycles. The van der Waals surface area contributed by atoms with E-state index < -0.39 is 0 Å². The molecule has 0 unspecified atom stereocenters. The van der Waals surface area contributed by atoms with E-state index in [0.29, 0.717) is 44.4 Å². The maximum absolute atomic E-state index is 13.3. The van der Waals surface area contributed by atoms with Crippen molar-refractivity contribution in [2.45, 2.75) is 25.8 Å². The quantitative estimate of drug-likeness (QED) is 0.691. The van der Waals surface area contributed by atoms with Gasteiger partial charge in [-0.15, -0.1) is 0 Å². The Balaban J connectivity index is 1.21. The second kappa shape index (κ2) is 8.69. The van der Waals surface area contributed by atoms with E-state index in [4.69, 9.17) is 0 Å². The number of hydrogen-bond acceptors (Lipinski definition) is 3. The number of nitrogens with one attached hydrogen (secondary N) is 1. The normalized spacial score (nSPS) is 15.2. The molecule has 1 aliphatic heterocycles. The lowest BCUT2D eigenvalue weighted by Crippen LogP contribution is -2.48. The van der Waals surface area contributed by atoms with Gasteiger partial charge in [-0.1, -0.05) is 12.1 Å². The predicted octanol–water partition coefficient (Wildman–Crippen LogP) is 3.51. The number of halogens is 2. The monoisotopic (exact) mass is 398 g/mol. The van der Waals surface area contributed by atoms with Crippen LogP contribution in [0.1, 0.15) is 24.2 Å². The zero-order valence-electron chi connectivity index (χ0n) is 16.2. The summed E-state index contributed by atoms with van der Waals surface area (Å²) in [6.07, 6.45) is 1.82. The van der Waals surface area contributed by atoms with Crippen molar-refractivity contribution in [1.82, 2.24) is 19.8 Å². The Labute approximate surface area is 168 Å². The van der Waals surface area contributed by atoms with Gasteiger partial charge >= 0.3 is 0 Å². The minimum atomic E-state index is -0.292. The lowest BCUT2D eigenvalue weighted by Gasteiger charge is -2.34. The largest absolute Gasteiger partial charge is 0.342 e. The lowest BCUT2D eigenvalue weighted by molar-refractivity contribution is -0.133. The fourth-order valence-corrected chi connectivity index (χ4v) is 3.77. The van der Waals surface area contributed by atoms with Gasteiger partial charge < -0.3 is 9.88 Å². The highest BCUT2D eigenvalue weighted by molar-refractivity contribution is 5.76. The zero-order valence-corrected chi connectivity index (χ0v) is 16.2. The summed E-state index contributed by atoms with van der Waals surface area (Å²) >= 11 is 0. The van der Waals surface area contributed by atoms with Crippen molar-refractivity contribution >= 4 is 16.9 Å². The average Bonchev–Trinajstić information content (AvgIpc) is 3.10. The second-order valence-electron chi connectivity index (χ2n) is 7.49. The number of aromatic nitrogens is 2. The van der Waals surface area contributed by atoms with Crippen LogP contribution in [0.3, 0.4) is 0 Å². The van der Waals surface area contributed by atoms with Crippen LogP contribution in [-0.2, 0) is 17.8 Å². The number of rotatable bonds is 6. The van der Waals surface area contributed by atoms with Gasteiger partial charge in [-0.2, -0.15) is 0 Å². The van der Waals surface area contributed by atoms with Gasteiger partial charge in [0.1, 0.15) is 17.5 Å². The molecule has 0 atom stereocenters. The van der Waals surface area contributed by atoms with Crippen LogP contribution in [0, 0.1) is 11.6 Å². The van der Waals surface area contributed by atoms with E-state index in [1.807, 2.05) is 11.0 Å². The molecular weight excluding hydrogens is 374 g/mol. The molecule has 7 heteroatoms. The van der Waals surface area contributed by atoms with Crippen LogP contribution >= 0.6 is 0 Å². The zero-order chi connectivity index (χ0) is 20.2. The molecule has 29 heavy (non-hydrogen) atoms. The highest BCUT2D eigenvalue weighted by atomic mass is 19.1. The van der Waals surface area contributed by atoms with Gasteiger partial charge in [0, 0.05) is 45.6 Å². The molecule has 1 aromatic heterocycles. The van der Waals surface area contributed by atoms with Crippen molar-refractivity contribution in [2.24, 2.45) is 0 Å². The fraction of sp³-hybridized carbons (Fsp3) is 0.364. The van der Waals surface area contributed by atoms with Gasteiger partial charge in [0.25, 0.3) is 0 Å². The topological polar surface area (TPSA) is 52.2 Å². The van der Waals surface area contributed by atoms with Gasteiger partial charge in [-0.05, 0) is 42.3 Å². The van der Waals surface area contributed by atoms with Crippen LogP contribution in [0.2, 0.25) is 0 Å². The summed E-state index contributed by atoms with van der Waals surface area (Å²) in [5, 5.41) is 0. The summed E-state index contributed by atoms with van der Waals surface area (Å²) in [5.74, 6) is 0.418. The highest BCUT2D eigenvalue weighted by Crippen LogP contribution is 2.15. The number of carbonyl (C=O) groups excluding carboxylic acids is 1. The number of piperazine rings is 1. The summed E-state index contributed by atoms with van der Waals surface area (Å²) < 4.78 is 26.6. The first kappa shape index (κ1) is 19.5. The molecule has 1 aliphatic rings. The Morgan fingerprint density at radius 2 is 1.83 bits per heavy atom. The third-order valence-corrected chi connectivity index (χ3v) is 5.32. The maximum atomic E-state index is 13.3. The van der Waals surface area contributed by atoms with Crippen molar-refractivity contribution < 1.29 is 13.6 Å². The maximum Gasteiger partial charge on any atom is 0.222 e. The van der Waals surface area contributed by atoms with Crippen LogP contribution in [0.5, 0.6) is 0 Å². The molecule has 0 spiro atoms. The van der Waals surface area contributed by atoms with Crippen LogP contribution in [0.4, 0.5) is 8.78 Å². The number of aryl methyl sites for hydroxylation is 1. The van der Waals surface area contributed by atoms with E-state index >= 15 is 0 Å². The number of amides is 1. The SMILES string of the molecule is O=C(CCCc1nc2ccc(F)cc2[nH]1)N1CCN(Cc2cccc(F)c2)CC1. The molecule has 152 valence electrons. The number of imidazole rings is 1. The third-order valence-electron chi connectivity index (χ3n) is 5.32. The standard InChI is InChI=1S/C22H24F2N4O/c23-17-4-1-3-16(13-17)15-27-9-11-28(12-10-27)22(29)6-2-5-21-25-19-8-7-18(24)14-20(19)26-21/h1,3-4,7-8,13-14H,2,5-6,9-12,15H2,(H,25,26). The molecule has 2 aromatic carbocycles. The third kappa shape index (κ3) is 4.98. The van der Waals surface area contributed by atoms with E-state index in [9.17, 15) is 13.6 Å². The van der Waals surface area contributed by atoms with Gasteiger partial charge in [0.15, 0.2) is 0 Å². The van der Waals surface area contributed by atoms with E-state index in [-0.39, 0.29) is 17.5 Å². The lowest BCUT2D eigenvalue weighted by atomic mass is 10.1. The van der Waals surface area contributed by atoms with E-state index in [1.165, 1.54) is 18.2 Å². The summed E-state index contributed by atoms with van der Waals surface area (Å²) in [6.45, 7) is 3.66. The molecular formula is C22H24F2N4O. The average molecular weight is 398 g/mol. The summed E-state index contributed by atoms with van der Waals surface area (Å²) in [6, 6.07) is 11.1. The summed E-state index contributed by atoms with van der Waals surface area (Å²) in [5.41, 5.74) is 2.37. The molecule has 1 amide bonds. The van der Waals surface area contributed by atoms with Crippen molar-refractivity contribution in [2.75, 3.05) is 26.2 Å². The number of benzene rings is 2. The number of fused-ring (bicyclic) bond motifs is 1. The van der Waals surface area contributed by atoms with E-state index in [0.717, 1.165) is 30.0 Å². The Morgan fingerprint density at radius 1 is 1.03 bits per heavy atom. The fourth-order valence-electron chi connectivity index (χ4n) is 3.77. The van der Waals surface area contributed by atoms with Crippen molar-refractivity contribution in [3.63, 3.8) is 0 Å². The number of hydrogen-bond donors (Lipinski definition) is 1. The van der Waals surface area contributed by atoms with E-state index in [2.05, 4.69) is 14.9 Å². The molecule has 0 radical (unpaired) electrons. The van der Waals surface area contributed by atoms with Crippen LogP contribution < -0.4 is 0 Å². The number of nitrogens with zero attached hydrogens (tertiary/aromatic N) is 3. The molecule has 5 nitrogen and oxygen atoms in total. The van der Waals surface area contributed by atoms with Crippen LogP contribution in [0.25, 0.3) is 11.0 Å². The molecule has 3 aromatic rings. The molecule has 0 saturated carbocycles. The van der Waals surface area contributed by atoms with Gasteiger partial charge in [-0.25, -0.2) is 13.8 Å². The smallest absolute Gasteiger partial charge is 0.222 e. The molecule has 1 N–H and O–H groups in total. The van der Waals surface area contributed by atoms with Crippen molar-refractivity contribution in [1.29, 1.82) is 0 Å². The predicted molar refractivity (Wildman–Crippen MR) is 107 cm³/mol. The summed E-state index contributed by atoms with van der Waals surface area (Å²) in [7, 11) is 0. The van der Waals surface area contributed by atoms with Crippen LogP contribution in [-0.4, -0.2) is 51.9 Å². The number of H-pyrrole nitrogens is 1. The first-order chi connectivity index (χ1) is 14.1. The van der Waals surface area contributed by atoms with Gasteiger partial charge in [0.2, 0.25) is 5.91 Å². The molecule has 0 bridgehead atoms. The molecule has 0 aliphatic carbocycles. The molecule has 1 saturated heterocycles. The minimum absolute atomic E-state index is 0.151. The Hall–Kier alpha value is -2.80. The molecule has 1 fully saturated rings. The number of carbonyl (C=O) groups is 1. The van der Waals surface area contributed by atoms with Gasteiger partial charge in [0.05, 0.1) is 11.0 Å². The number of aromatic amines is 1. The Morgan fingerprint density at radius 3 is 2.62 bits per heavy atom. The second-order valence-corrected chi connectivity index (χ2v) is 7.49. The minimum Gasteiger partial charge on any atom is -0.342 e. The van der Waals surface area contributed by atoms with Crippen molar-refractivity contribution in [3.05, 3.63) is 65.5 Å². The molecule has 4 rings (SSSR count). The highest BCUT2D eigenvalue weighted by Gasteiger charge is 2.21. The van der Waals surface area contributed by atoms with Crippen LogP contribution in [0.15, 0.2) is 42.5 Å². The first-order valence-corrected chi connectivity index (χ1v) is 9.95.